The summed E-state index contributed by atoms with van der Waals surface area (Å²) in [6, 6.07) is 5.94. The molecule has 1 heterocycles. The molecule has 0 saturated carbocycles. The van der Waals surface area contributed by atoms with Gasteiger partial charge in [0.25, 0.3) is 0 Å². The second-order valence-corrected chi connectivity index (χ2v) is 3.19. The maximum Gasteiger partial charge on any atom is 0.119 e. The van der Waals surface area contributed by atoms with E-state index in [0.717, 1.165) is 22.6 Å². The molecule has 0 aromatic heterocycles. The summed E-state index contributed by atoms with van der Waals surface area (Å²) in [4.78, 5) is 0. The largest absolute Gasteiger partial charge is 0.497 e. The average molecular weight is 188 g/mol. The number of hydrazone groups is 1. The topological polar surface area (TPSA) is 33.6 Å². The van der Waals surface area contributed by atoms with Crippen molar-refractivity contribution in [3.63, 3.8) is 0 Å². The molecule has 1 aliphatic heterocycles. The van der Waals surface area contributed by atoms with Crippen molar-refractivity contribution in [1.82, 2.24) is 5.43 Å². The Morgan fingerprint density at radius 2 is 2.14 bits per heavy atom. The van der Waals surface area contributed by atoms with Crippen molar-refractivity contribution in [2.45, 2.75) is 6.92 Å². The third kappa shape index (κ3) is 1.62. The number of nitrogens with zero attached hydrogens (tertiary/aromatic N) is 1. The minimum absolute atomic E-state index is 0.850. The Morgan fingerprint density at radius 3 is 2.93 bits per heavy atom. The smallest absolute Gasteiger partial charge is 0.119 e. The average Bonchev–Trinajstić information content (AvgIpc) is 2.37. The summed E-state index contributed by atoms with van der Waals surface area (Å²) < 4.78 is 5.15. The molecule has 0 radical (unpaired) electrons. The number of ether oxygens (including phenoxy) is 1. The van der Waals surface area contributed by atoms with Crippen LogP contribution < -0.4 is 10.2 Å². The Balaban J connectivity index is 2.51. The molecule has 2 rings (SSSR count). The lowest BCUT2D eigenvalue weighted by molar-refractivity contribution is 0.414. The highest BCUT2D eigenvalue weighted by atomic mass is 16.5. The van der Waals surface area contributed by atoms with Crippen LogP contribution in [0.5, 0.6) is 5.75 Å². The van der Waals surface area contributed by atoms with Gasteiger partial charge in [0.2, 0.25) is 0 Å². The second-order valence-electron chi connectivity index (χ2n) is 3.19. The summed E-state index contributed by atoms with van der Waals surface area (Å²) in [5.41, 5.74) is 6.16. The van der Waals surface area contributed by atoms with E-state index in [1.807, 2.05) is 25.1 Å². The molecule has 1 aromatic carbocycles. The molecular formula is C11H12N2O. The normalized spacial score (nSPS) is 13.7. The predicted octanol–water partition coefficient (Wildman–Crippen LogP) is 1.99. The SMILES string of the molecule is COc1ccc2c(c1)C=NNC(C)=C2. The molecule has 14 heavy (non-hydrogen) atoms. The molecule has 1 N–H and O–H groups in total. The fraction of sp³-hybridized carbons (Fsp3) is 0.182. The Bertz CT molecular complexity index is 408. The van der Waals surface area contributed by atoms with E-state index >= 15 is 0 Å². The zero-order valence-corrected chi connectivity index (χ0v) is 8.24. The van der Waals surface area contributed by atoms with Crippen molar-refractivity contribution in [3.05, 3.63) is 35.0 Å². The van der Waals surface area contributed by atoms with Gasteiger partial charge < -0.3 is 4.74 Å². The van der Waals surface area contributed by atoms with Crippen molar-refractivity contribution < 1.29 is 4.74 Å². The van der Waals surface area contributed by atoms with Gasteiger partial charge in [-0.15, -0.1) is 0 Å². The Morgan fingerprint density at radius 1 is 1.29 bits per heavy atom. The van der Waals surface area contributed by atoms with Gasteiger partial charge in [0.05, 0.1) is 13.3 Å². The second kappa shape index (κ2) is 3.54. The van der Waals surface area contributed by atoms with E-state index in [4.69, 9.17) is 4.74 Å². The molecule has 3 heteroatoms. The van der Waals surface area contributed by atoms with Crippen LogP contribution >= 0.6 is 0 Å². The Labute approximate surface area is 83.1 Å². The van der Waals surface area contributed by atoms with E-state index in [-0.39, 0.29) is 0 Å². The first-order valence-electron chi connectivity index (χ1n) is 4.45. The lowest BCUT2D eigenvalue weighted by Crippen LogP contribution is -1.98. The summed E-state index contributed by atoms with van der Waals surface area (Å²) in [6.07, 6.45) is 3.85. The third-order valence-electron chi connectivity index (χ3n) is 2.11. The number of benzene rings is 1. The molecule has 1 aliphatic rings. The molecule has 0 saturated heterocycles. The van der Waals surface area contributed by atoms with Crippen molar-refractivity contribution in [2.75, 3.05) is 7.11 Å². The Kier molecular flexibility index (Phi) is 2.23. The molecule has 1 aromatic rings. The van der Waals surface area contributed by atoms with Crippen LogP contribution in [0.15, 0.2) is 29.0 Å². The van der Waals surface area contributed by atoms with Crippen LogP contribution in [0, 0.1) is 0 Å². The summed E-state index contributed by atoms with van der Waals surface area (Å²) in [7, 11) is 1.66. The van der Waals surface area contributed by atoms with Gasteiger partial charge in [0.15, 0.2) is 0 Å². The van der Waals surface area contributed by atoms with Crippen LogP contribution in [-0.2, 0) is 0 Å². The molecule has 3 nitrogen and oxygen atoms in total. The molecular weight excluding hydrogens is 176 g/mol. The zero-order chi connectivity index (χ0) is 9.97. The number of methoxy groups -OCH3 is 1. The fourth-order valence-electron chi connectivity index (χ4n) is 1.39. The molecule has 72 valence electrons. The van der Waals surface area contributed by atoms with Crippen LogP contribution in [0.3, 0.4) is 0 Å². The van der Waals surface area contributed by atoms with Crippen LogP contribution in [0.1, 0.15) is 18.1 Å². The standard InChI is InChI=1S/C11H12N2O/c1-8-5-9-3-4-11(14-2)6-10(9)7-12-13-8/h3-7,13H,1-2H3. The summed E-state index contributed by atoms with van der Waals surface area (Å²) in [5, 5.41) is 4.07. The van der Waals surface area contributed by atoms with Gasteiger partial charge in [0.1, 0.15) is 5.75 Å². The molecule has 0 atom stereocenters. The van der Waals surface area contributed by atoms with Gasteiger partial charge in [-0.05, 0) is 30.7 Å². The van der Waals surface area contributed by atoms with E-state index in [1.165, 1.54) is 0 Å². The van der Waals surface area contributed by atoms with Gasteiger partial charge in [0, 0.05) is 11.3 Å². The predicted molar refractivity (Wildman–Crippen MR) is 57.4 cm³/mol. The molecule has 0 spiro atoms. The maximum atomic E-state index is 5.15. The maximum absolute atomic E-state index is 5.15. The van der Waals surface area contributed by atoms with Gasteiger partial charge in [-0.3, -0.25) is 5.43 Å². The number of rotatable bonds is 1. The van der Waals surface area contributed by atoms with E-state index in [0.29, 0.717) is 0 Å². The monoisotopic (exact) mass is 188 g/mol. The number of allylic oxidation sites excluding steroid dienone is 1. The fourth-order valence-corrected chi connectivity index (χ4v) is 1.39. The van der Waals surface area contributed by atoms with Crippen LogP contribution in [0.25, 0.3) is 6.08 Å². The van der Waals surface area contributed by atoms with Gasteiger partial charge in [-0.25, -0.2) is 0 Å². The number of fused-ring (bicyclic) bond motifs is 1. The van der Waals surface area contributed by atoms with Crippen molar-refractivity contribution in [2.24, 2.45) is 5.10 Å². The minimum atomic E-state index is 0.850. The third-order valence-corrected chi connectivity index (χ3v) is 2.11. The zero-order valence-electron chi connectivity index (χ0n) is 8.24. The van der Waals surface area contributed by atoms with Crippen LogP contribution in [0.4, 0.5) is 0 Å². The summed E-state index contributed by atoms with van der Waals surface area (Å²) in [5.74, 6) is 0.850. The first-order valence-corrected chi connectivity index (χ1v) is 4.45. The number of hydrogen-bond donors (Lipinski definition) is 1. The lowest BCUT2D eigenvalue weighted by Gasteiger charge is -2.03. The number of nitrogens with one attached hydrogen (secondary N) is 1. The van der Waals surface area contributed by atoms with Gasteiger partial charge in [-0.1, -0.05) is 6.07 Å². The molecule has 0 fully saturated rings. The quantitative estimate of drug-likeness (QED) is 0.731. The van der Waals surface area contributed by atoms with E-state index in [1.54, 1.807) is 13.3 Å². The highest BCUT2D eigenvalue weighted by Gasteiger charge is 2.03. The molecule has 0 unspecified atom stereocenters. The lowest BCUT2D eigenvalue weighted by atomic mass is 10.1. The van der Waals surface area contributed by atoms with Crippen molar-refractivity contribution in [3.8, 4) is 5.75 Å². The Hall–Kier alpha value is -1.77. The van der Waals surface area contributed by atoms with Crippen LogP contribution in [0.2, 0.25) is 0 Å². The molecule has 0 bridgehead atoms. The first-order chi connectivity index (χ1) is 6.79. The van der Waals surface area contributed by atoms with Gasteiger partial charge in [-0.2, -0.15) is 5.10 Å². The molecule has 0 amide bonds. The van der Waals surface area contributed by atoms with Crippen molar-refractivity contribution >= 4 is 12.3 Å². The van der Waals surface area contributed by atoms with E-state index in [9.17, 15) is 0 Å². The van der Waals surface area contributed by atoms with Crippen LogP contribution in [-0.4, -0.2) is 13.3 Å². The highest BCUT2D eigenvalue weighted by Crippen LogP contribution is 2.19. The van der Waals surface area contributed by atoms with Gasteiger partial charge >= 0.3 is 0 Å². The van der Waals surface area contributed by atoms with Crippen molar-refractivity contribution in [1.29, 1.82) is 0 Å². The summed E-state index contributed by atoms with van der Waals surface area (Å²) in [6.45, 7) is 1.98. The summed E-state index contributed by atoms with van der Waals surface area (Å²) >= 11 is 0. The minimum Gasteiger partial charge on any atom is -0.497 e. The van der Waals surface area contributed by atoms with E-state index < -0.39 is 0 Å². The molecule has 0 aliphatic carbocycles. The first kappa shape index (κ1) is 8.81. The van der Waals surface area contributed by atoms with E-state index in [2.05, 4.69) is 16.6 Å². The number of hydrogen-bond acceptors (Lipinski definition) is 3. The highest BCUT2D eigenvalue weighted by molar-refractivity contribution is 5.87.